The van der Waals surface area contributed by atoms with E-state index in [0.29, 0.717) is 24.4 Å². The number of ether oxygens (including phenoxy) is 1. The van der Waals surface area contributed by atoms with E-state index in [1.807, 2.05) is 0 Å². The number of benzene rings is 1. The van der Waals surface area contributed by atoms with Crippen LogP contribution in [0.1, 0.15) is 23.7 Å². The quantitative estimate of drug-likeness (QED) is 0.716. The van der Waals surface area contributed by atoms with Crippen LogP contribution in [0.2, 0.25) is 0 Å². The number of fused-ring (bicyclic) bond motifs is 1. The number of anilines is 1. The third-order valence-corrected chi connectivity index (χ3v) is 7.31. The summed E-state index contributed by atoms with van der Waals surface area (Å²) in [6, 6.07) is 4.45. The zero-order valence-corrected chi connectivity index (χ0v) is 16.4. The van der Waals surface area contributed by atoms with Crippen LogP contribution in [0.5, 0.6) is 0 Å². The maximum Gasteiger partial charge on any atom is 0.338 e. The normalized spacial score (nSPS) is 20.5. The number of rotatable bonds is 5. The maximum absolute atomic E-state index is 12.4. The first kappa shape index (κ1) is 19.7. The number of hydrogen-bond donors (Lipinski definition) is 1. The molecule has 2 amide bonds. The van der Waals surface area contributed by atoms with E-state index in [1.165, 1.54) is 22.7 Å². The number of sulfone groups is 1. The number of carbonyl (C=O) groups excluding carboxylic acids is 3. The fourth-order valence-corrected chi connectivity index (χ4v) is 5.68. The molecule has 1 fully saturated rings. The molecular weight excluding hydrogens is 392 g/mol. The third kappa shape index (κ3) is 4.62. The summed E-state index contributed by atoms with van der Waals surface area (Å²) in [5.74, 6) is -0.892. The van der Waals surface area contributed by atoms with Gasteiger partial charge < -0.3 is 15.0 Å². The average Bonchev–Trinajstić information content (AvgIpc) is 2.99. The highest BCUT2D eigenvalue weighted by Gasteiger charge is 2.34. The summed E-state index contributed by atoms with van der Waals surface area (Å²) in [5, 5.41) is 2.69. The Morgan fingerprint density at radius 1 is 1.37 bits per heavy atom. The van der Waals surface area contributed by atoms with Crippen LogP contribution in [0.25, 0.3) is 0 Å². The molecule has 3 rings (SSSR count). The summed E-state index contributed by atoms with van der Waals surface area (Å²) in [6.45, 7) is 1.65. The highest BCUT2D eigenvalue weighted by Crippen LogP contribution is 2.32. The van der Waals surface area contributed by atoms with Gasteiger partial charge in [-0.2, -0.15) is 0 Å². The van der Waals surface area contributed by atoms with E-state index in [4.69, 9.17) is 4.74 Å². The summed E-state index contributed by atoms with van der Waals surface area (Å²) < 4.78 is 28.3. The molecule has 1 atom stereocenters. The monoisotopic (exact) mass is 412 g/mol. The van der Waals surface area contributed by atoms with E-state index in [0.717, 1.165) is 4.90 Å². The van der Waals surface area contributed by atoms with Crippen LogP contribution in [-0.4, -0.2) is 67.6 Å². The number of likely N-dealkylation sites (N-methyl/N-ethyl adjacent to an activating group) is 1. The van der Waals surface area contributed by atoms with Crippen molar-refractivity contribution in [3.05, 3.63) is 23.8 Å². The molecular formula is C17H20N2O6S2. The molecule has 10 heteroatoms. The fraction of sp³-hybridized carbons (Fsp3) is 0.471. The highest BCUT2D eigenvalue weighted by molar-refractivity contribution is 8.00. The first-order valence-electron chi connectivity index (χ1n) is 8.53. The van der Waals surface area contributed by atoms with E-state index in [1.54, 1.807) is 19.1 Å². The number of nitrogens with one attached hydrogen (secondary N) is 1. The molecule has 2 heterocycles. The lowest BCUT2D eigenvalue weighted by atomic mass is 10.2. The van der Waals surface area contributed by atoms with Gasteiger partial charge in [0.1, 0.15) is 0 Å². The van der Waals surface area contributed by atoms with Gasteiger partial charge in [-0.25, -0.2) is 13.2 Å². The Hall–Kier alpha value is -2.07. The topological polar surface area (TPSA) is 110 Å². The molecule has 1 aromatic carbocycles. The minimum atomic E-state index is -3.11. The summed E-state index contributed by atoms with van der Waals surface area (Å²) in [7, 11) is -3.11. The van der Waals surface area contributed by atoms with Crippen molar-refractivity contribution in [3.63, 3.8) is 0 Å². The van der Waals surface area contributed by atoms with Gasteiger partial charge >= 0.3 is 5.97 Å². The zero-order valence-electron chi connectivity index (χ0n) is 14.8. The molecule has 1 saturated heterocycles. The first-order valence-corrected chi connectivity index (χ1v) is 11.3. The van der Waals surface area contributed by atoms with Crippen LogP contribution in [0.15, 0.2) is 23.1 Å². The molecule has 0 bridgehead atoms. The molecule has 0 radical (unpaired) electrons. The van der Waals surface area contributed by atoms with Crippen molar-refractivity contribution in [1.29, 1.82) is 0 Å². The molecule has 146 valence electrons. The minimum absolute atomic E-state index is 0.0529. The smallest absolute Gasteiger partial charge is 0.338 e. The van der Waals surface area contributed by atoms with Gasteiger partial charge in [0.25, 0.3) is 5.91 Å². The molecule has 0 aromatic heterocycles. The van der Waals surface area contributed by atoms with Crippen LogP contribution >= 0.6 is 11.8 Å². The predicted octanol–water partition coefficient (Wildman–Crippen LogP) is 0.923. The van der Waals surface area contributed by atoms with Crippen molar-refractivity contribution in [2.45, 2.75) is 24.3 Å². The highest BCUT2D eigenvalue weighted by atomic mass is 32.2. The second-order valence-electron chi connectivity index (χ2n) is 6.36. The number of esters is 1. The number of amides is 2. The van der Waals surface area contributed by atoms with E-state index in [2.05, 4.69) is 5.32 Å². The van der Waals surface area contributed by atoms with Crippen molar-refractivity contribution in [2.24, 2.45) is 0 Å². The summed E-state index contributed by atoms with van der Waals surface area (Å²) in [6.07, 6.45) is 0.401. The van der Waals surface area contributed by atoms with E-state index in [9.17, 15) is 22.8 Å². The van der Waals surface area contributed by atoms with Gasteiger partial charge in [-0.05, 0) is 31.5 Å². The molecule has 0 spiro atoms. The number of hydrogen-bond acceptors (Lipinski definition) is 7. The van der Waals surface area contributed by atoms with E-state index >= 15 is 0 Å². The zero-order chi connectivity index (χ0) is 19.6. The summed E-state index contributed by atoms with van der Waals surface area (Å²) in [5.41, 5.74) is 0.777. The van der Waals surface area contributed by atoms with Crippen molar-refractivity contribution >= 4 is 45.1 Å². The lowest BCUT2D eigenvalue weighted by Crippen LogP contribution is -2.43. The Balaban J connectivity index is 1.60. The van der Waals surface area contributed by atoms with Crippen LogP contribution in [0.3, 0.4) is 0 Å². The molecule has 1 N–H and O–H groups in total. The molecule has 0 aliphatic carbocycles. The van der Waals surface area contributed by atoms with Gasteiger partial charge in [0, 0.05) is 17.5 Å². The largest absolute Gasteiger partial charge is 0.452 e. The molecule has 2 aliphatic heterocycles. The summed E-state index contributed by atoms with van der Waals surface area (Å²) in [4.78, 5) is 38.4. The Morgan fingerprint density at radius 3 is 2.81 bits per heavy atom. The molecule has 1 aromatic rings. The third-order valence-electron chi connectivity index (χ3n) is 4.49. The van der Waals surface area contributed by atoms with Crippen LogP contribution in [0.4, 0.5) is 5.69 Å². The van der Waals surface area contributed by atoms with Gasteiger partial charge in [-0.1, -0.05) is 0 Å². The second-order valence-corrected chi connectivity index (χ2v) is 9.61. The van der Waals surface area contributed by atoms with Crippen molar-refractivity contribution in [2.75, 3.05) is 35.7 Å². The molecule has 8 nitrogen and oxygen atoms in total. The van der Waals surface area contributed by atoms with E-state index < -0.39 is 28.3 Å². The van der Waals surface area contributed by atoms with Gasteiger partial charge in [0.15, 0.2) is 16.4 Å². The second kappa shape index (κ2) is 7.89. The van der Waals surface area contributed by atoms with Crippen LogP contribution in [-0.2, 0) is 24.2 Å². The predicted molar refractivity (Wildman–Crippen MR) is 101 cm³/mol. The lowest BCUT2D eigenvalue weighted by molar-refractivity contribution is -0.136. The van der Waals surface area contributed by atoms with Gasteiger partial charge in [-0.3, -0.25) is 9.59 Å². The Labute approximate surface area is 161 Å². The van der Waals surface area contributed by atoms with Crippen molar-refractivity contribution in [1.82, 2.24) is 4.90 Å². The van der Waals surface area contributed by atoms with E-state index in [-0.39, 0.29) is 29.0 Å². The van der Waals surface area contributed by atoms with Gasteiger partial charge in [0.2, 0.25) is 5.91 Å². The molecule has 2 aliphatic rings. The van der Waals surface area contributed by atoms with Gasteiger partial charge in [0.05, 0.1) is 28.5 Å². The van der Waals surface area contributed by atoms with Crippen LogP contribution in [0, 0.1) is 0 Å². The molecule has 0 saturated carbocycles. The minimum Gasteiger partial charge on any atom is -0.452 e. The number of nitrogens with zero attached hydrogens (tertiary/aromatic N) is 1. The van der Waals surface area contributed by atoms with Crippen molar-refractivity contribution < 1.29 is 27.5 Å². The average molecular weight is 412 g/mol. The fourth-order valence-electron chi connectivity index (χ4n) is 3.16. The standard InChI is InChI=1S/C17H20N2O6S2/c1-2-19(12-5-6-27(23,24)10-12)16(21)8-25-17(22)11-3-4-14-13(7-11)18-15(20)9-26-14/h3-4,7,12H,2,5-6,8-10H2,1H3,(H,18,20)/t12-/m0/s1. The SMILES string of the molecule is CCN(C(=O)COC(=O)c1ccc2c(c1)NC(=O)CS2)[C@H]1CCS(=O)(=O)C1. The Kier molecular flexibility index (Phi) is 5.75. The maximum atomic E-state index is 12.4. The number of thioether (sulfide) groups is 1. The first-order chi connectivity index (χ1) is 12.8. The molecule has 0 unspecified atom stereocenters. The summed E-state index contributed by atoms with van der Waals surface area (Å²) >= 11 is 1.38. The van der Waals surface area contributed by atoms with Crippen LogP contribution < -0.4 is 5.32 Å². The lowest BCUT2D eigenvalue weighted by Gasteiger charge is -2.26. The van der Waals surface area contributed by atoms with Crippen molar-refractivity contribution in [3.8, 4) is 0 Å². The Morgan fingerprint density at radius 2 is 2.15 bits per heavy atom. The Bertz CT molecular complexity index is 883. The molecule has 27 heavy (non-hydrogen) atoms. The van der Waals surface area contributed by atoms with Gasteiger partial charge in [-0.15, -0.1) is 11.8 Å². The number of carbonyl (C=O) groups is 3.